The van der Waals surface area contributed by atoms with Gasteiger partial charge < -0.3 is 9.84 Å². The molecular weight excluding hydrogens is 439 g/mol. The van der Waals surface area contributed by atoms with Gasteiger partial charge in [-0.05, 0) is 37.5 Å². The molecule has 4 rings (SSSR count). The van der Waals surface area contributed by atoms with E-state index >= 15 is 0 Å². The average molecular weight is 463 g/mol. The number of hydrogen-bond donors (Lipinski definition) is 1. The molecular formula is C22H24Cl2N4O3. The Morgan fingerprint density at radius 1 is 1.23 bits per heavy atom. The molecule has 164 valence electrons. The monoisotopic (exact) mass is 462 g/mol. The Kier molecular flexibility index (Phi) is 6.25. The number of carbonyl (C=O) groups excluding carboxylic acids is 1. The zero-order valence-corrected chi connectivity index (χ0v) is 18.9. The first kappa shape index (κ1) is 21.7. The highest BCUT2D eigenvalue weighted by atomic mass is 35.5. The van der Waals surface area contributed by atoms with Crippen LogP contribution >= 0.6 is 23.2 Å². The number of nitrogens with one attached hydrogen (secondary N) is 1. The normalized spacial score (nSPS) is 15.7. The number of aromatic nitrogens is 3. The van der Waals surface area contributed by atoms with E-state index in [-0.39, 0.29) is 17.3 Å². The third-order valence-corrected chi connectivity index (χ3v) is 6.63. The van der Waals surface area contributed by atoms with Crippen molar-refractivity contribution in [1.29, 1.82) is 0 Å². The Morgan fingerprint density at radius 3 is 2.61 bits per heavy atom. The molecule has 0 radical (unpaired) electrons. The molecule has 2 heterocycles. The second kappa shape index (κ2) is 8.93. The highest BCUT2D eigenvalue weighted by Gasteiger charge is 2.31. The fraction of sp³-hybridized carbons (Fsp3) is 0.409. The predicted molar refractivity (Wildman–Crippen MR) is 119 cm³/mol. The Balaban J connectivity index is 1.83. The number of hydrogen-bond acceptors (Lipinski definition) is 4. The first-order valence-electron chi connectivity index (χ1n) is 10.3. The van der Waals surface area contributed by atoms with Crippen LogP contribution in [0.25, 0.3) is 0 Å². The molecule has 0 spiro atoms. The lowest BCUT2D eigenvalue weighted by molar-refractivity contribution is 0.0933. The number of amides is 1. The van der Waals surface area contributed by atoms with Crippen molar-refractivity contribution in [3.05, 3.63) is 73.4 Å². The molecule has 7 nitrogen and oxygen atoms in total. The van der Waals surface area contributed by atoms with Crippen molar-refractivity contribution < 1.29 is 9.32 Å². The van der Waals surface area contributed by atoms with Gasteiger partial charge in [-0.25, -0.2) is 4.68 Å². The summed E-state index contributed by atoms with van der Waals surface area (Å²) in [5.74, 6) is -0.461. The van der Waals surface area contributed by atoms with E-state index in [2.05, 4.69) is 10.5 Å². The molecule has 1 aromatic carbocycles. The van der Waals surface area contributed by atoms with E-state index in [1.807, 2.05) is 23.3 Å². The molecule has 3 aromatic rings. The maximum absolute atomic E-state index is 13.7. The van der Waals surface area contributed by atoms with Gasteiger partial charge in [0.05, 0.1) is 17.6 Å². The lowest BCUT2D eigenvalue weighted by Crippen LogP contribution is -2.35. The summed E-state index contributed by atoms with van der Waals surface area (Å²) >= 11 is 12.6. The van der Waals surface area contributed by atoms with E-state index in [0.29, 0.717) is 21.2 Å². The minimum Gasteiger partial charge on any atom is -0.364 e. The number of halogens is 2. The summed E-state index contributed by atoms with van der Waals surface area (Å²) in [6, 6.07) is 5.87. The summed E-state index contributed by atoms with van der Waals surface area (Å²) in [5.41, 5.74) is 1.84. The standard InChI is InChI=1S/C22H24Cl2N4O3/c1-13-19(22(30)28(27(13)2)15-6-4-3-5-7-15)20(16-9-8-14(23)12-17(16)24)25-21(29)18-10-11-31-26-18/h8-12,15,20H,3-7H2,1-2H3,(H,25,29). The van der Waals surface area contributed by atoms with Crippen LogP contribution in [0, 0.1) is 6.92 Å². The molecule has 1 aliphatic rings. The zero-order valence-electron chi connectivity index (χ0n) is 17.4. The molecule has 0 saturated heterocycles. The van der Waals surface area contributed by atoms with Crippen molar-refractivity contribution in [1.82, 2.24) is 19.8 Å². The van der Waals surface area contributed by atoms with E-state index in [1.165, 1.54) is 18.8 Å². The number of rotatable bonds is 5. The van der Waals surface area contributed by atoms with Crippen molar-refractivity contribution in [2.45, 2.75) is 51.1 Å². The zero-order chi connectivity index (χ0) is 22.1. The van der Waals surface area contributed by atoms with E-state index in [1.54, 1.807) is 18.2 Å². The van der Waals surface area contributed by atoms with Gasteiger partial charge in [0.1, 0.15) is 6.26 Å². The quantitative estimate of drug-likeness (QED) is 0.589. The van der Waals surface area contributed by atoms with Crippen LogP contribution in [-0.2, 0) is 7.05 Å². The average Bonchev–Trinajstić information content (AvgIpc) is 3.35. The lowest BCUT2D eigenvalue weighted by Gasteiger charge is -2.24. The van der Waals surface area contributed by atoms with Crippen LogP contribution in [0.2, 0.25) is 10.0 Å². The Hall–Kier alpha value is -2.51. The summed E-state index contributed by atoms with van der Waals surface area (Å²) in [6.45, 7) is 1.88. The second-order valence-electron chi connectivity index (χ2n) is 7.92. The molecule has 0 bridgehead atoms. The van der Waals surface area contributed by atoms with Crippen LogP contribution in [0.3, 0.4) is 0 Å². The van der Waals surface area contributed by atoms with Gasteiger partial charge in [0.2, 0.25) is 0 Å². The second-order valence-corrected chi connectivity index (χ2v) is 8.76. The van der Waals surface area contributed by atoms with Gasteiger partial charge >= 0.3 is 0 Å². The molecule has 1 fully saturated rings. The smallest absolute Gasteiger partial charge is 0.274 e. The molecule has 9 heteroatoms. The summed E-state index contributed by atoms with van der Waals surface area (Å²) in [7, 11) is 1.88. The van der Waals surface area contributed by atoms with Crippen LogP contribution in [0.5, 0.6) is 0 Å². The van der Waals surface area contributed by atoms with Crippen LogP contribution in [0.4, 0.5) is 0 Å². The SMILES string of the molecule is Cc1c(C(NC(=O)c2ccon2)c2ccc(Cl)cc2Cl)c(=O)n(C2CCCCC2)n1C. The maximum atomic E-state index is 13.7. The van der Waals surface area contributed by atoms with Gasteiger partial charge in [0.15, 0.2) is 5.69 Å². The molecule has 1 aliphatic carbocycles. The predicted octanol–water partition coefficient (Wildman–Crippen LogP) is 4.81. The fourth-order valence-electron chi connectivity index (χ4n) is 4.39. The molecule has 1 saturated carbocycles. The first-order chi connectivity index (χ1) is 14.9. The molecule has 1 N–H and O–H groups in total. The molecule has 1 atom stereocenters. The Bertz CT molecular complexity index is 1140. The number of carbonyl (C=O) groups is 1. The lowest BCUT2D eigenvalue weighted by atomic mass is 9.95. The van der Waals surface area contributed by atoms with Crippen LogP contribution in [-0.4, -0.2) is 20.4 Å². The third-order valence-electron chi connectivity index (χ3n) is 6.07. The molecule has 1 amide bonds. The van der Waals surface area contributed by atoms with Crippen molar-refractivity contribution in [3.63, 3.8) is 0 Å². The van der Waals surface area contributed by atoms with Crippen molar-refractivity contribution in [2.75, 3.05) is 0 Å². The van der Waals surface area contributed by atoms with Gasteiger partial charge in [-0.3, -0.25) is 14.3 Å². The number of nitrogens with zero attached hydrogens (tertiary/aromatic N) is 3. The summed E-state index contributed by atoms with van der Waals surface area (Å²) in [4.78, 5) is 26.5. The third kappa shape index (κ3) is 4.16. The van der Waals surface area contributed by atoms with Crippen LogP contribution in [0.15, 0.2) is 39.8 Å². The Labute approximate surface area is 189 Å². The summed E-state index contributed by atoms with van der Waals surface area (Å²) in [5, 5.41) is 7.46. The molecule has 0 aliphatic heterocycles. The highest BCUT2D eigenvalue weighted by molar-refractivity contribution is 6.35. The minimum atomic E-state index is -0.766. The maximum Gasteiger partial charge on any atom is 0.274 e. The molecule has 2 aromatic heterocycles. The number of benzene rings is 1. The minimum absolute atomic E-state index is 0.122. The van der Waals surface area contributed by atoms with Gasteiger partial charge in [0, 0.05) is 28.9 Å². The van der Waals surface area contributed by atoms with Gasteiger partial charge in [-0.2, -0.15) is 0 Å². The van der Waals surface area contributed by atoms with Crippen molar-refractivity contribution in [3.8, 4) is 0 Å². The Morgan fingerprint density at radius 2 is 1.97 bits per heavy atom. The van der Waals surface area contributed by atoms with Gasteiger partial charge in [-0.15, -0.1) is 0 Å². The van der Waals surface area contributed by atoms with Crippen LogP contribution in [0.1, 0.15) is 71.5 Å². The van der Waals surface area contributed by atoms with E-state index in [0.717, 1.165) is 31.4 Å². The van der Waals surface area contributed by atoms with E-state index < -0.39 is 11.9 Å². The van der Waals surface area contributed by atoms with Gasteiger partial charge in [0.25, 0.3) is 11.5 Å². The van der Waals surface area contributed by atoms with Crippen molar-refractivity contribution in [2.24, 2.45) is 7.05 Å². The van der Waals surface area contributed by atoms with Gasteiger partial charge in [-0.1, -0.05) is 53.7 Å². The first-order valence-corrected chi connectivity index (χ1v) is 11.1. The molecule has 31 heavy (non-hydrogen) atoms. The summed E-state index contributed by atoms with van der Waals surface area (Å²) < 4.78 is 8.51. The molecule has 1 unspecified atom stereocenters. The topological polar surface area (TPSA) is 82.1 Å². The summed E-state index contributed by atoms with van der Waals surface area (Å²) in [6.07, 6.45) is 6.65. The van der Waals surface area contributed by atoms with E-state index in [9.17, 15) is 9.59 Å². The van der Waals surface area contributed by atoms with Crippen LogP contribution < -0.4 is 10.9 Å². The van der Waals surface area contributed by atoms with Crippen molar-refractivity contribution >= 4 is 29.1 Å². The fourth-order valence-corrected chi connectivity index (χ4v) is 4.91. The highest BCUT2D eigenvalue weighted by Crippen LogP contribution is 2.33. The largest absolute Gasteiger partial charge is 0.364 e. The van der Waals surface area contributed by atoms with E-state index in [4.69, 9.17) is 27.7 Å².